The minimum atomic E-state index is 0.400. The van der Waals surface area contributed by atoms with Crippen LogP contribution in [0.3, 0.4) is 0 Å². The van der Waals surface area contributed by atoms with Crippen LogP contribution in [0.25, 0.3) is 11.5 Å². The van der Waals surface area contributed by atoms with E-state index in [1.807, 2.05) is 12.1 Å². The van der Waals surface area contributed by atoms with Crippen LogP contribution in [0.2, 0.25) is 0 Å². The predicted octanol–water partition coefficient (Wildman–Crippen LogP) is 3.63. The molecule has 0 aliphatic rings. The van der Waals surface area contributed by atoms with Gasteiger partial charge in [0.15, 0.2) is 5.82 Å². The van der Waals surface area contributed by atoms with E-state index >= 15 is 0 Å². The molecule has 0 saturated carbocycles. The third kappa shape index (κ3) is 3.86. The standard InChI is InChI=1S/C16H21BrN4/c1-5-18-8-10(2)15-11(3)20-16(21-12(15)4)14-7-6-13(17)9-19-14/h6-7,9-10,18H,5,8H2,1-4H3. The van der Waals surface area contributed by atoms with E-state index in [4.69, 9.17) is 0 Å². The van der Waals surface area contributed by atoms with Crippen molar-refractivity contribution in [3.8, 4) is 11.5 Å². The van der Waals surface area contributed by atoms with Gasteiger partial charge in [0.05, 0.1) is 0 Å². The quantitative estimate of drug-likeness (QED) is 0.896. The first-order chi connectivity index (χ1) is 10.0. The van der Waals surface area contributed by atoms with E-state index in [0.29, 0.717) is 11.7 Å². The highest BCUT2D eigenvalue weighted by Crippen LogP contribution is 2.24. The van der Waals surface area contributed by atoms with Crippen LogP contribution in [0, 0.1) is 13.8 Å². The third-order valence-electron chi connectivity index (χ3n) is 3.48. The van der Waals surface area contributed by atoms with Crippen LogP contribution in [0.5, 0.6) is 0 Å². The van der Waals surface area contributed by atoms with E-state index in [1.54, 1.807) is 6.20 Å². The highest BCUT2D eigenvalue weighted by Gasteiger charge is 2.15. The Labute approximate surface area is 134 Å². The van der Waals surface area contributed by atoms with Gasteiger partial charge in [0.2, 0.25) is 0 Å². The van der Waals surface area contributed by atoms with Gasteiger partial charge in [-0.3, -0.25) is 4.98 Å². The zero-order valence-corrected chi connectivity index (χ0v) is 14.5. The maximum atomic E-state index is 4.65. The second kappa shape index (κ2) is 7.09. The molecule has 2 aromatic heterocycles. The smallest absolute Gasteiger partial charge is 0.178 e. The normalized spacial score (nSPS) is 12.4. The summed E-state index contributed by atoms with van der Waals surface area (Å²) >= 11 is 3.39. The number of aromatic nitrogens is 3. The molecule has 112 valence electrons. The van der Waals surface area contributed by atoms with E-state index in [-0.39, 0.29) is 0 Å². The Balaban J connectivity index is 2.34. The molecule has 0 aliphatic carbocycles. The fourth-order valence-corrected chi connectivity index (χ4v) is 2.76. The van der Waals surface area contributed by atoms with Crippen LogP contribution in [0.4, 0.5) is 0 Å². The molecule has 0 saturated heterocycles. The molecule has 4 nitrogen and oxygen atoms in total. The fraction of sp³-hybridized carbons (Fsp3) is 0.438. The Morgan fingerprint density at radius 2 is 1.86 bits per heavy atom. The highest BCUT2D eigenvalue weighted by atomic mass is 79.9. The number of aryl methyl sites for hydroxylation is 2. The minimum absolute atomic E-state index is 0.400. The van der Waals surface area contributed by atoms with Gasteiger partial charge in [-0.15, -0.1) is 0 Å². The molecule has 0 fully saturated rings. The Morgan fingerprint density at radius 3 is 2.38 bits per heavy atom. The van der Waals surface area contributed by atoms with Gasteiger partial charge in [0, 0.05) is 28.6 Å². The lowest BCUT2D eigenvalue weighted by Crippen LogP contribution is -2.21. The zero-order chi connectivity index (χ0) is 15.4. The molecule has 0 spiro atoms. The van der Waals surface area contributed by atoms with Crippen LogP contribution in [0.15, 0.2) is 22.8 Å². The maximum Gasteiger partial charge on any atom is 0.178 e. The number of rotatable bonds is 5. The second-order valence-electron chi connectivity index (χ2n) is 5.20. The van der Waals surface area contributed by atoms with Gasteiger partial charge in [-0.25, -0.2) is 9.97 Å². The molecule has 0 bridgehead atoms. The van der Waals surface area contributed by atoms with Crippen LogP contribution in [0.1, 0.15) is 36.7 Å². The van der Waals surface area contributed by atoms with E-state index in [9.17, 15) is 0 Å². The number of hydrogen-bond acceptors (Lipinski definition) is 4. The molecule has 0 aliphatic heterocycles. The number of likely N-dealkylation sites (N-methyl/N-ethyl adjacent to an activating group) is 1. The van der Waals surface area contributed by atoms with E-state index in [1.165, 1.54) is 5.56 Å². The van der Waals surface area contributed by atoms with E-state index < -0.39 is 0 Å². The van der Waals surface area contributed by atoms with Gasteiger partial charge in [-0.1, -0.05) is 13.8 Å². The van der Waals surface area contributed by atoms with Crippen LogP contribution < -0.4 is 5.32 Å². The summed E-state index contributed by atoms with van der Waals surface area (Å²) in [6, 6.07) is 3.89. The summed E-state index contributed by atoms with van der Waals surface area (Å²) in [5.41, 5.74) is 4.10. The summed E-state index contributed by atoms with van der Waals surface area (Å²) in [6.45, 7) is 10.3. The predicted molar refractivity (Wildman–Crippen MR) is 89.4 cm³/mol. The molecule has 0 radical (unpaired) electrons. The number of nitrogens with one attached hydrogen (secondary N) is 1. The fourth-order valence-electron chi connectivity index (χ4n) is 2.52. The highest BCUT2D eigenvalue weighted by molar-refractivity contribution is 9.10. The molecule has 2 rings (SSSR count). The topological polar surface area (TPSA) is 50.7 Å². The molecular formula is C16H21BrN4. The van der Waals surface area contributed by atoms with Crippen molar-refractivity contribution >= 4 is 15.9 Å². The summed E-state index contributed by atoms with van der Waals surface area (Å²) in [4.78, 5) is 13.7. The van der Waals surface area contributed by atoms with Crippen molar-refractivity contribution in [2.45, 2.75) is 33.6 Å². The van der Waals surface area contributed by atoms with Gasteiger partial charge in [-0.05, 0) is 59.9 Å². The zero-order valence-electron chi connectivity index (χ0n) is 12.9. The summed E-state index contributed by atoms with van der Waals surface area (Å²) in [5, 5.41) is 3.38. The van der Waals surface area contributed by atoms with E-state index in [2.05, 4.69) is 63.9 Å². The molecule has 1 atom stereocenters. The first-order valence-corrected chi connectivity index (χ1v) is 8.00. The largest absolute Gasteiger partial charge is 0.316 e. The lowest BCUT2D eigenvalue weighted by molar-refractivity contribution is 0.624. The number of halogens is 1. The van der Waals surface area contributed by atoms with Crippen molar-refractivity contribution in [3.63, 3.8) is 0 Å². The van der Waals surface area contributed by atoms with Crippen molar-refractivity contribution < 1.29 is 0 Å². The van der Waals surface area contributed by atoms with Crippen LogP contribution in [-0.4, -0.2) is 28.0 Å². The van der Waals surface area contributed by atoms with Crippen molar-refractivity contribution in [1.82, 2.24) is 20.3 Å². The summed E-state index contributed by atoms with van der Waals surface area (Å²) in [6.07, 6.45) is 1.77. The molecular weight excluding hydrogens is 328 g/mol. The molecule has 2 aromatic rings. The van der Waals surface area contributed by atoms with Crippen molar-refractivity contribution in [3.05, 3.63) is 39.8 Å². The second-order valence-corrected chi connectivity index (χ2v) is 6.12. The average molecular weight is 349 g/mol. The molecule has 21 heavy (non-hydrogen) atoms. The Bertz CT molecular complexity index is 587. The maximum absolute atomic E-state index is 4.65. The SMILES string of the molecule is CCNCC(C)c1c(C)nc(-c2ccc(Br)cn2)nc1C. The first kappa shape index (κ1) is 16.0. The Morgan fingerprint density at radius 1 is 1.19 bits per heavy atom. The Hall–Kier alpha value is -1.33. The number of nitrogens with zero attached hydrogens (tertiary/aromatic N) is 3. The lowest BCUT2D eigenvalue weighted by atomic mass is 9.98. The monoisotopic (exact) mass is 348 g/mol. The summed E-state index contributed by atoms with van der Waals surface area (Å²) in [5.74, 6) is 1.09. The van der Waals surface area contributed by atoms with Gasteiger partial charge < -0.3 is 5.32 Å². The third-order valence-corrected chi connectivity index (χ3v) is 3.95. The Kier molecular flexibility index (Phi) is 5.42. The number of pyridine rings is 1. The van der Waals surface area contributed by atoms with Crippen LogP contribution in [-0.2, 0) is 0 Å². The lowest BCUT2D eigenvalue weighted by Gasteiger charge is -2.17. The average Bonchev–Trinajstić information content (AvgIpc) is 2.45. The van der Waals surface area contributed by atoms with Gasteiger partial charge in [0.25, 0.3) is 0 Å². The van der Waals surface area contributed by atoms with Gasteiger partial charge in [-0.2, -0.15) is 0 Å². The molecule has 1 unspecified atom stereocenters. The first-order valence-electron chi connectivity index (χ1n) is 7.20. The van der Waals surface area contributed by atoms with Crippen molar-refractivity contribution in [1.29, 1.82) is 0 Å². The van der Waals surface area contributed by atoms with Crippen molar-refractivity contribution in [2.24, 2.45) is 0 Å². The van der Waals surface area contributed by atoms with E-state index in [0.717, 1.165) is 34.6 Å². The molecule has 5 heteroatoms. The summed E-state index contributed by atoms with van der Waals surface area (Å²) in [7, 11) is 0. The van der Waals surface area contributed by atoms with Crippen LogP contribution >= 0.6 is 15.9 Å². The van der Waals surface area contributed by atoms with Gasteiger partial charge >= 0.3 is 0 Å². The molecule has 1 N–H and O–H groups in total. The van der Waals surface area contributed by atoms with Gasteiger partial charge in [0.1, 0.15) is 5.69 Å². The minimum Gasteiger partial charge on any atom is -0.316 e. The summed E-state index contributed by atoms with van der Waals surface area (Å²) < 4.78 is 0.954. The molecule has 0 aromatic carbocycles. The molecule has 2 heterocycles. The molecule has 0 amide bonds. The number of hydrogen-bond donors (Lipinski definition) is 1. The van der Waals surface area contributed by atoms with Crippen molar-refractivity contribution in [2.75, 3.05) is 13.1 Å².